The minimum Gasteiger partial charge on any atom is -0.435 e. The van der Waals surface area contributed by atoms with Gasteiger partial charge in [0.2, 0.25) is 11.8 Å². The third kappa shape index (κ3) is 6.01. The molecule has 0 aliphatic rings. The fraction of sp³-hybridized carbons (Fsp3) is 0.105. The van der Waals surface area contributed by atoms with Gasteiger partial charge in [0, 0.05) is 12.4 Å². The van der Waals surface area contributed by atoms with Crippen LogP contribution < -0.4 is 10.1 Å². The van der Waals surface area contributed by atoms with Crippen LogP contribution in [0.25, 0.3) is 0 Å². The van der Waals surface area contributed by atoms with Crippen molar-refractivity contribution in [1.29, 1.82) is 0 Å². The third-order valence-corrected chi connectivity index (χ3v) is 4.98. The summed E-state index contributed by atoms with van der Waals surface area (Å²) in [6.07, 6.45) is -2.36. The van der Waals surface area contributed by atoms with Crippen molar-refractivity contribution in [3.8, 4) is 11.6 Å². The minimum absolute atomic E-state index is 0.0628. The van der Waals surface area contributed by atoms with Crippen molar-refractivity contribution in [2.45, 2.75) is 11.2 Å². The van der Waals surface area contributed by atoms with E-state index in [0.29, 0.717) is 21.5 Å². The van der Waals surface area contributed by atoms with Gasteiger partial charge in [-0.1, -0.05) is 47.1 Å². The van der Waals surface area contributed by atoms with Crippen molar-refractivity contribution in [1.82, 2.24) is 9.97 Å². The van der Waals surface area contributed by atoms with Crippen molar-refractivity contribution in [3.05, 3.63) is 70.5 Å². The lowest BCUT2D eigenvalue weighted by molar-refractivity contribution is -0.137. The molecule has 0 spiro atoms. The number of para-hydroxylation sites is 2. The first-order valence-corrected chi connectivity index (χ1v) is 10.0. The molecule has 0 radical (unpaired) electrons. The molecule has 1 aromatic carbocycles. The zero-order valence-electron chi connectivity index (χ0n) is 14.9. The number of aromatic nitrogens is 2. The van der Waals surface area contributed by atoms with Gasteiger partial charge in [-0.05, 0) is 30.3 Å². The van der Waals surface area contributed by atoms with Gasteiger partial charge in [0.15, 0.2) is 5.75 Å². The Bertz CT molecular complexity index is 1050. The van der Waals surface area contributed by atoms with E-state index in [-0.39, 0.29) is 16.7 Å². The summed E-state index contributed by atoms with van der Waals surface area (Å²) in [4.78, 5) is 20.0. The maximum atomic E-state index is 12.6. The number of ether oxygens (including phenoxy) is 1. The monoisotopic (exact) mass is 473 g/mol. The van der Waals surface area contributed by atoms with Crippen LogP contribution >= 0.6 is 35.0 Å². The number of nitrogens with zero attached hydrogens (tertiary/aromatic N) is 2. The van der Waals surface area contributed by atoms with E-state index in [1.165, 1.54) is 18.3 Å². The molecule has 0 atom stereocenters. The number of thioether (sulfide) groups is 1. The maximum absolute atomic E-state index is 12.6. The topological polar surface area (TPSA) is 64.1 Å². The van der Waals surface area contributed by atoms with Gasteiger partial charge in [-0.2, -0.15) is 13.2 Å². The fourth-order valence-corrected chi connectivity index (χ4v) is 3.26. The van der Waals surface area contributed by atoms with Crippen LogP contribution in [-0.4, -0.2) is 21.6 Å². The van der Waals surface area contributed by atoms with Crippen LogP contribution in [0.2, 0.25) is 10.0 Å². The Labute approximate surface area is 183 Å². The second kappa shape index (κ2) is 9.55. The van der Waals surface area contributed by atoms with Crippen LogP contribution in [0.4, 0.5) is 18.9 Å². The van der Waals surface area contributed by atoms with E-state index in [2.05, 4.69) is 15.3 Å². The van der Waals surface area contributed by atoms with E-state index < -0.39 is 17.6 Å². The van der Waals surface area contributed by atoms with Gasteiger partial charge in [0.05, 0.1) is 27.1 Å². The third-order valence-electron chi connectivity index (χ3n) is 3.56. The number of pyridine rings is 2. The number of alkyl halides is 3. The summed E-state index contributed by atoms with van der Waals surface area (Å²) >= 11 is 12.9. The van der Waals surface area contributed by atoms with Gasteiger partial charge in [-0.25, -0.2) is 9.97 Å². The summed E-state index contributed by atoms with van der Waals surface area (Å²) in [7, 11) is 0. The smallest absolute Gasteiger partial charge is 0.417 e. The molecule has 156 valence electrons. The van der Waals surface area contributed by atoms with Crippen molar-refractivity contribution in [3.63, 3.8) is 0 Å². The van der Waals surface area contributed by atoms with Gasteiger partial charge in [0.1, 0.15) is 5.02 Å². The molecule has 0 unspecified atom stereocenters. The molecule has 2 heterocycles. The van der Waals surface area contributed by atoms with Gasteiger partial charge in [-0.15, -0.1) is 0 Å². The summed E-state index contributed by atoms with van der Waals surface area (Å²) in [5.41, 5.74) is -0.479. The number of anilines is 1. The van der Waals surface area contributed by atoms with Crippen molar-refractivity contribution in [2.75, 3.05) is 11.1 Å². The highest BCUT2D eigenvalue weighted by Gasteiger charge is 2.30. The average molecular weight is 474 g/mol. The fourth-order valence-electron chi connectivity index (χ4n) is 2.20. The maximum Gasteiger partial charge on any atom is 0.417 e. The van der Waals surface area contributed by atoms with E-state index in [1.54, 1.807) is 24.3 Å². The number of hydrogen-bond donors (Lipinski definition) is 1. The standard InChI is InChI=1S/C19H12Cl2F3N3O2S/c20-12-7-13(21)18(26-9-12)29-15-4-2-1-3-14(15)27-16(28)10-30-17-6-5-11(8-25-17)19(22,23)24/h1-9H,10H2,(H,27,28). The second-order valence-electron chi connectivity index (χ2n) is 5.76. The second-order valence-corrected chi connectivity index (χ2v) is 7.60. The number of rotatable bonds is 6. The normalized spacial score (nSPS) is 11.2. The minimum atomic E-state index is -4.46. The van der Waals surface area contributed by atoms with Crippen LogP contribution in [0, 0.1) is 0 Å². The molecule has 30 heavy (non-hydrogen) atoms. The Morgan fingerprint density at radius 3 is 2.53 bits per heavy atom. The van der Waals surface area contributed by atoms with Crippen LogP contribution in [0.1, 0.15) is 5.56 Å². The summed E-state index contributed by atoms with van der Waals surface area (Å²) in [5, 5.41) is 3.52. The first kappa shape index (κ1) is 22.2. The number of carbonyl (C=O) groups excluding carboxylic acids is 1. The highest BCUT2D eigenvalue weighted by molar-refractivity contribution is 7.99. The molecule has 1 N–H and O–H groups in total. The molecule has 5 nitrogen and oxygen atoms in total. The van der Waals surface area contributed by atoms with E-state index in [0.717, 1.165) is 24.0 Å². The Hall–Kier alpha value is -2.49. The average Bonchev–Trinajstić information content (AvgIpc) is 2.69. The number of benzene rings is 1. The van der Waals surface area contributed by atoms with Gasteiger partial charge in [0.25, 0.3) is 0 Å². The van der Waals surface area contributed by atoms with Crippen molar-refractivity contribution in [2.24, 2.45) is 0 Å². The lowest BCUT2D eigenvalue weighted by Gasteiger charge is -2.12. The zero-order valence-corrected chi connectivity index (χ0v) is 17.2. The van der Waals surface area contributed by atoms with Gasteiger partial charge < -0.3 is 10.1 Å². The largest absolute Gasteiger partial charge is 0.435 e. The molecule has 11 heteroatoms. The summed E-state index contributed by atoms with van der Waals surface area (Å²) in [6.45, 7) is 0. The Kier molecular flexibility index (Phi) is 7.06. The molecule has 3 rings (SSSR count). The molecule has 0 aliphatic carbocycles. The lowest BCUT2D eigenvalue weighted by Crippen LogP contribution is -2.14. The lowest BCUT2D eigenvalue weighted by atomic mass is 10.3. The molecular formula is C19H12Cl2F3N3O2S. The molecule has 3 aromatic rings. The molecule has 0 fully saturated rings. The quantitative estimate of drug-likeness (QED) is 0.424. The molecule has 0 aliphatic heterocycles. The molecular weight excluding hydrogens is 462 g/mol. The van der Waals surface area contributed by atoms with E-state index in [4.69, 9.17) is 27.9 Å². The summed E-state index contributed by atoms with van der Waals surface area (Å²) in [6, 6.07) is 10.2. The van der Waals surface area contributed by atoms with Crippen molar-refractivity contribution >= 4 is 46.6 Å². The van der Waals surface area contributed by atoms with Gasteiger partial charge >= 0.3 is 6.18 Å². The first-order valence-electron chi connectivity index (χ1n) is 8.26. The zero-order chi connectivity index (χ0) is 21.7. The SMILES string of the molecule is O=C(CSc1ccc(C(F)(F)F)cn1)Nc1ccccc1Oc1ncc(Cl)cc1Cl. The van der Waals surface area contributed by atoms with Crippen LogP contribution in [0.3, 0.4) is 0 Å². The predicted molar refractivity (Wildman–Crippen MR) is 109 cm³/mol. The summed E-state index contributed by atoms with van der Waals surface area (Å²) in [5.74, 6) is -0.0358. The van der Waals surface area contributed by atoms with Crippen LogP contribution in [0.15, 0.2) is 59.9 Å². The van der Waals surface area contributed by atoms with E-state index in [1.807, 2.05) is 0 Å². The molecule has 0 saturated carbocycles. The highest BCUT2D eigenvalue weighted by atomic mass is 35.5. The number of hydrogen-bond acceptors (Lipinski definition) is 5. The highest BCUT2D eigenvalue weighted by Crippen LogP contribution is 2.33. The Balaban J connectivity index is 1.63. The molecule has 2 aromatic heterocycles. The number of carbonyl (C=O) groups is 1. The van der Waals surface area contributed by atoms with Crippen LogP contribution in [-0.2, 0) is 11.0 Å². The van der Waals surface area contributed by atoms with Crippen LogP contribution in [0.5, 0.6) is 11.6 Å². The van der Waals surface area contributed by atoms with Gasteiger partial charge in [-0.3, -0.25) is 4.79 Å². The van der Waals surface area contributed by atoms with E-state index in [9.17, 15) is 18.0 Å². The number of amides is 1. The Morgan fingerprint density at radius 2 is 1.87 bits per heavy atom. The van der Waals surface area contributed by atoms with Crippen molar-refractivity contribution < 1.29 is 22.7 Å². The number of halogens is 5. The molecule has 0 saturated heterocycles. The molecule has 1 amide bonds. The van der Waals surface area contributed by atoms with E-state index >= 15 is 0 Å². The summed E-state index contributed by atoms with van der Waals surface area (Å²) < 4.78 is 43.4. The first-order chi connectivity index (χ1) is 14.2. The Morgan fingerprint density at radius 1 is 1.10 bits per heavy atom. The predicted octanol–water partition coefficient (Wildman–Crippen LogP) is 6.33. The molecule has 0 bridgehead atoms. The number of nitrogens with one attached hydrogen (secondary N) is 1.